The minimum atomic E-state index is 0.159. The van der Waals surface area contributed by atoms with Gasteiger partial charge < -0.3 is 9.64 Å². The van der Waals surface area contributed by atoms with Crippen molar-refractivity contribution in [3.63, 3.8) is 0 Å². The molecule has 0 saturated carbocycles. The summed E-state index contributed by atoms with van der Waals surface area (Å²) in [5.41, 5.74) is 2.57. The SMILES string of the molecule is COCC(=O)CN1CCN(c2cccc(C)c2)CC1. The fourth-order valence-electron chi connectivity index (χ4n) is 2.44. The number of benzene rings is 1. The molecule has 0 bridgehead atoms. The van der Waals surface area contributed by atoms with E-state index in [9.17, 15) is 4.79 Å². The summed E-state index contributed by atoms with van der Waals surface area (Å²) in [7, 11) is 1.56. The molecule has 4 heteroatoms. The van der Waals surface area contributed by atoms with E-state index in [0.717, 1.165) is 26.2 Å². The van der Waals surface area contributed by atoms with Crippen LogP contribution in [0.25, 0.3) is 0 Å². The molecule has 1 aromatic rings. The molecule has 1 saturated heterocycles. The number of rotatable bonds is 5. The van der Waals surface area contributed by atoms with E-state index in [1.807, 2.05) is 0 Å². The van der Waals surface area contributed by atoms with Crippen molar-refractivity contribution in [1.82, 2.24) is 4.90 Å². The Morgan fingerprint density at radius 2 is 2.00 bits per heavy atom. The van der Waals surface area contributed by atoms with Gasteiger partial charge in [0.15, 0.2) is 5.78 Å². The molecule has 1 heterocycles. The largest absolute Gasteiger partial charge is 0.377 e. The zero-order valence-electron chi connectivity index (χ0n) is 11.8. The molecule has 19 heavy (non-hydrogen) atoms. The van der Waals surface area contributed by atoms with Crippen molar-refractivity contribution in [2.75, 3.05) is 51.3 Å². The van der Waals surface area contributed by atoms with Crippen LogP contribution in [0, 0.1) is 6.92 Å². The van der Waals surface area contributed by atoms with Gasteiger partial charge in [0.25, 0.3) is 0 Å². The van der Waals surface area contributed by atoms with Crippen LogP contribution in [0.3, 0.4) is 0 Å². The molecule has 1 aliphatic heterocycles. The Hall–Kier alpha value is -1.39. The summed E-state index contributed by atoms with van der Waals surface area (Å²) in [6.45, 7) is 6.66. The average Bonchev–Trinajstić information content (AvgIpc) is 2.40. The van der Waals surface area contributed by atoms with Gasteiger partial charge in [-0.2, -0.15) is 0 Å². The van der Waals surface area contributed by atoms with Crippen LogP contribution in [0.1, 0.15) is 5.56 Å². The van der Waals surface area contributed by atoms with Crippen molar-refractivity contribution < 1.29 is 9.53 Å². The molecule has 0 N–H and O–H groups in total. The van der Waals surface area contributed by atoms with Crippen LogP contribution in [0.5, 0.6) is 0 Å². The standard InChI is InChI=1S/C15H22N2O2/c1-13-4-3-5-14(10-13)17-8-6-16(7-9-17)11-15(18)12-19-2/h3-5,10H,6-9,11-12H2,1-2H3. The van der Waals surface area contributed by atoms with Gasteiger partial charge in [0, 0.05) is 39.0 Å². The molecule has 1 fully saturated rings. The summed E-state index contributed by atoms with van der Waals surface area (Å²) in [5, 5.41) is 0. The Kier molecular flexibility index (Phi) is 4.93. The summed E-state index contributed by atoms with van der Waals surface area (Å²) < 4.78 is 4.86. The lowest BCUT2D eigenvalue weighted by atomic mass is 10.2. The number of ketones is 1. The number of carbonyl (C=O) groups is 1. The number of Topliss-reactive ketones (excluding diaryl/α,β-unsaturated/α-hetero) is 1. The summed E-state index contributed by atoms with van der Waals surface area (Å²) in [4.78, 5) is 16.1. The van der Waals surface area contributed by atoms with E-state index >= 15 is 0 Å². The first-order valence-electron chi connectivity index (χ1n) is 6.73. The van der Waals surface area contributed by atoms with Crippen molar-refractivity contribution in [2.45, 2.75) is 6.92 Å². The Balaban J connectivity index is 1.84. The minimum Gasteiger partial charge on any atom is -0.377 e. The number of hydrogen-bond acceptors (Lipinski definition) is 4. The number of methoxy groups -OCH3 is 1. The van der Waals surface area contributed by atoms with Crippen LogP contribution >= 0.6 is 0 Å². The topological polar surface area (TPSA) is 32.8 Å². The van der Waals surface area contributed by atoms with Crippen LogP contribution in [0.15, 0.2) is 24.3 Å². The van der Waals surface area contributed by atoms with Gasteiger partial charge in [-0.15, -0.1) is 0 Å². The van der Waals surface area contributed by atoms with Crippen molar-refractivity contribution in [2.24, 2.45) is 0 Å². The van der Waals surface area contributed by atoms with Crippen LogP contribution in [0.4, 0.5) is 5.69 Å². The summed E-state index contributed by atoms with van der Waals surface area (Å²) in [6, 6.07) is 8.58. The van der Waals surface area contributed by atoms with E-state index in [-0.39, 0.29) is 12.4 Å². The average molecular weight is 262 g/mol. The molecule has 1 aliphatic rings. The molecule has 0 unspecified atom stereocenters. The lowest BCUT2D eigenvalue weighted by molar-refractivity contribution is -0.123. The molecule has 104 valence electrons. The fourth-order valence-corrected chi connectivity index (χ4v) is 2.44. The maximum Gasteiger partial charge on any atom is 0.172 e. The van der Waals surface area contributed by atoms with Gasteiger partial charge in [-0.25, -0.2) is 0 Å². The van der Waals surface area contributed by atoms with E-state index in [0.29, 0.717) is 6.54 Å². The molecule has 0 aliphatic carbocycles. The number of ether oxygens (including phenoxy) is 1. The van der Waals surface area contributed by atoms with Crippen LogP contribution < -0.4 is 4.90 Å². The minimum absolute atomic E-state index is 0.159. The van der Waals surface area contributed by atoms with Gasteiger partial charge >= 0.3 is 0 Å². The first kappa shape index (κ1) is 14.0. The number of anilines is 1. The van der Waals surface area contributed by atoms with Gasteiger partial charge in [0.2, 0.25) is 0 Å². The van der Waals surface area contributed by atoms with E-state index in [2.05, 4.69) is 41.0 Å². The van der Waals surface area contributed by atoms with Gasteiger partial charge in [-0.1, -0.05) is 12.1 Å². The van der Waals surface area contributed by atoms with Crippen LogP contribution in [0.2, 0.25) is 0 Å². The second-order valence-corrected chi connectivity index (χ2v) is 5.07. The Labute approximate surface area is 115 Å². The van der Waals surface area contributed by atoms with Crippen molar-refractivity contribution in [3.8, 4) is 0 Å². The lowest BCUT2D eigenvalue weighted by Gasteiger charge is -2.35. The third-order valence-corrected chi connectivity index (χ3v) is 3.44. The smallest absolute Gasteiger partial charge is 0.172 e. The third kappa shape index (κ3) is 4.04. The molecule has 0 radical (unpaired) electrons. The van der Waals surface area contributed by atoms with Gasteiger partial charge in [-0.3, -0.25) is 9.69 Å². The lowest BCUT2D eigenvalue weighted by Crippen LogP contribution is -2.48. The van der Waals surface area contributed by atoms with E-state index in [1.165, 1.54) is 11.3 Å². The van der Waals surface area contributed by atoms with Gasteiger partial charge in [-0.05, 0) is 24.6 Å². The van der Waals surface area contributed by atoms with Crippen LogP contribution in [-0.4, -0.2) is 57.1 Å². The number of carbonyl (C=O) groups excluding carboxylic acids is 1. The Morgan fingerprint density at radius 3 is 2.63 bits per heavy atom. The summed E-state index contributed by atoms with van der Waals surface area (Å²) >= 11 is 0. The Morgan fingerprint density at radius 1 is 1.26 bits per heavy atom. The number of aryl methyl sites for hydroxylation is 1. The maximum atomic E-state index is 11.5. The first-order valence-corrected chi connectivity index (χ1v) is 6.73. The van der Waals surface area contributed by atoms with Crippen molar-refractivity contribution in [1.29, 1.82) is 0 Å². The maximum absolute atomic E-state index is 11.5. The third-order valence-electron chi connectivity index (χ3n) is 3.44. The highest BCUT2D eigenvalue weighted by molar-refractivity contribution is 5.81. The van der Waals surface area contributed by atoms with E-state index in [1.54, 1.807) is 7.11 Å². The highest BCUT2D eigenvalue weighted by Gasteiger charge is 2.18. The van der Waals surface area contributed by atoms with Crippen molar-refractivity contribution in [3.05, 3.63) is 29.8 Å². The molecule has 0 atom stereocenters. The predicted octanol–water partition coefficient (Wildman–Crippen LogP) is 1.33. The highest BCUT2D eigenvalue weighted by atomic mass is 16.5. The molecule has 1 aromatic carbocycles. The number of nitrogens with zero attached hydrogens (tertiary/aromatic N) is 2. The van der Waals surface area contributed by atoms with E-state index < -0.39 is 0 Å². The summed E-state index contributed by atoms with van der Waals surface area (Å²) in [6.07, 6.45) is 0. The van der Waals surface area contributed by atoms with Crippen molar-refractivity contribution >= 4 is 11.5 Å². The zero-order valence-corrected chi connectivity index (χ0v) is 11.8. The van der Waals surface area contributed by atoms with Gasteiger partial charge in [0.1, 0.15) is 6.61 Å². The molecular weight excluding hydrogens is 240 g/mol. The number of piperazine rings is 1. The molecule has 0 aromatic heterocycles. The van der Waals surface area contributed by atoms with E-state index in [4.69, 9.17) is 4.74 Å². The normalized spacial score (nSPS) is 16.6. The molecule has 4 nitrogen and oxygen atoms in total. The first-order chi connectivity index (χ1) is 9.19. The zero-order chi connectivity index (χ0) is 13.7. The Bertz CT molecular complexity index is 426. The second kappa shape index (κ2) is 6.68. The molecule has 0 amide bonds. The summed E-state index contributed by atoms with van der Waals surface area (Å²) in [5.74, 6) is 0.159. The van der Waals surface area contributed by atoms with Crippen LogP contribution in [-0.2, 0) is 9.53 Å². The predicted molar refractivity (Wildman–Crippen MR) is 76.7 cm³/mol. The molecule has 0 spiro atoms. The highest BCUT2D eigenvalue weighted by Crippen LogP contribution is 2.17. The molecule has 2 rings (SSSR count). The molecular formula is C15H22N2O2. The van der Waals surface area contributed by atoms with Gasteiger partial charge in [0.05, 0.1) is 6.54 Å². The monoisotopic (exact) mass is 262 g/mol. The second-order valence-electron chi connectivity index (χ2n) is 5.07. The quantitative estimate of drug-likeness (QED) is 0.801. The fraction of sp³-hybridized carbons (Fsp3) is 0.533. The number of hydrogen-bond donors (Lipinski definition) is 0.